The average Bonchev–Trinajstić information content (AvgIpc) is 2.12. The van der Waals surface area contributed by atoms with Crippen molar-refractivity contribution in [1.29, 1.82) is 0 Å². The van der Waals surface area contributed by atoms with Crippen LogP contribution in [0, 0.1) is 23.2 Å². The molecular formula is C13H20O. The van der Waals surface area contributed by atoms with Crippen molar-refractivity contribution >= 4 is 0 Å². The first kappa shape index (κ1) is 11.3. The number of hydrogen-bond acceptors (Lipinski definition) is 1. The SMILES string of the molecule is C#C[C@H](O)[C@]1(C)C(=C)CCCC1(C)C. The van der Waals surface area contributed by atoms with Gasteiger partial charge in [0, 0.05) is 5.41 Å². The van der Waals surface area contributed by atoms with Gasteiger partial charge in [0.1, 0.15) is 6.10 Å². The fourth-order valence-electron chi connectivity index (χ4n) is 2.47. The lowest BCUT2D eigenvalue weighted by Gasteiger charge is -2.50. The normalized spacial score (nSPS) is 33.5. The Morgan fingerprint density at radius 1 is 1.50 bits per heavy atom. The van der Waals surface area contributed by atoms with Crippen molar-refractivity contribution in [2.45, 2.75) is 46.1 Å². The van der Waals surface area contributed by atoms with Crippen LogP contribution >= 0.6 is 0 Å². The zero-order valence-electron chi connectivity index (χ0n) is 9.43. The molecule has 0 heterocycles. The standard InChI is InChI=1S/C13H20O/c1-6-11(14)13(5)10(2)8-7-9-12(13,3)4/h1,11,14H,2,7-9H2,3-5H3/t11-,13-/m0/s1. The molecule has 0 bridgehead atoms. The van der Waals surface area contributed by atoms with Crippen LogP contribution in [0.4, 0.5) is 0 Å². The van der Waals surface area contributed by atoms with Gasteiger partial charge in [0.2, 0.25) is 0 Å². The third-order valence-corrected chi connectivity index (χ3v) is 4.13. The molecule has 1 fully saturated rings. The average molecular weight is 192 g/mol. The summed E-state index contributed by atoms with van der Waals surface area (Å²) in [5.41, 5.74) is 0.799. The Morgan fingerprint density at radius 2 is 2.07 bits per heavy atom. The van der Waals surface area contributed by atoms with E-state index in [1.54, 1.807) is 0 Å². The maximum Gasteiger partial charge on any atom is 0.124 e. The second kappa shape index (κ2) is 3.44. The summed E-state index contributed by atoms with van der Waals surface area (Å²) >= 11 is 0. The van der Waals surface area contributed by atoms with Gasteiger partial charge in [-0.1, -0.05) is 38.8 Å². The number of rotatable bonds is 1. The lowest BCUT2D eigenvalue weighted by atomic mass is 9.54. The molecule has 0 aliphatic heterocycles. The van der Waals surface area contributed by atoms with E-state index in [1.165, 1.54) is 0 Å². The van der Waals surface area contributed by atoms with Crippen LogP contribution in [0.25, 0.3) is 0 Å². The Labute approximate surface area is 87.2 Å². The summed E-state index contributed by atoms with van der Waals surface area (Å²) in [7, 11) is 0. The summed E-state index contributed by atoms with van der Waals surface area (Å²) in [5, 5.41) is 9.95. The van der Waals surface area contributed by atoms with E-state index in [0.29, 0.717) is 0 Å². The van der Waals surface area contributed by atoms with E-state index in [1.807, 2.05) is 6.92 Å². The zero-order chi connectivity index (χ0) is 11.0. The molecular weight excluding hydrogens is 172 g/mol. The van der Waals surface area contributed by atoms with Gasteiger partial charge in [-0.15, -0.1) is 6.42 Å². The fourth-order valence-corrected chi connectivity index (χ4v) is 2.47. The van der Waals surface area contributed by atoms with Gasteiger partial charge in [-0.05, 0) is 24.7 Å². The predicted octanol–water partition coefficient (Wildman–Crippen LogP) is 2.75. The predicted molar refractivity (Wildman–Crippen MR) is 59.7 cm³/mol. The van der Waals surface area contributed by atoms with E-state index in [4.69, 9.17) is 6.42 Å². The van der Waals surface area contributed by atoms with Crippen molar-refractivity contribution in [2.75, 3.05) is 0 Å². The first-order valence-electron chi connectivity index (χ1n) is 5.18. The lowest BCUT2D eigenvalue weighted by Crippen LogP contribution is -2.47. The van der Waals surface area contributed by atoms with Crippen molar-refractivity contribution in [3.05, 3.63) is 12.2 Å². The quantitative estimate of drug-likeness (QED) is 0.500. The first-order chi connectivity index (χ1) is 6.36. The van der Waals surface area contributed by atoms with E-state index in [0.717, 1.165) is 24.8 Å². The number of aliphatic hydroxyl groups excluding tert-OH is 1. The van der Waals surface area contributed by atoms with E-state index in [-0.39, 0.29) is 10.8 Å². The molecule has 0 amide bonds. The van der Waals surface area contributed by atoms with Crippen LogP contribution < -0.4 is 0 Å². The molecule has 0 unspecified atom stereocenters. The van der Waals surface area contributed by atoms with E-state index < -0.39 is 6.10 Å². The molecule has 0 radical (unpaired) electrons. The van der Waals surface area contributed by atoms with E-state index >= 15 is 0 Å². The molecule has 1 heteroatoms. The molecule has 1 rings (SSSR count). The molecule has 0 spiro atoms. The molecule has 0 aromatic rings. The Hall–Kier alpha value is -0.740. The summed E-state index contributed by atoms with van der Waals surface area (Å²) in [6.45, 7) is 10.4. The minimum atomic E-state index is -0.717. The van der Waals surface area contributed by atoms with Crippen LogP contribution in [0.2, 0.25) is 0 Å². The maximum atomic E-state index is 9.95. The molecule has 0 saturated heterocycles. The molecule has 0 aromatic heterocycles. The second-order valence-corrected chi connectivity index (χ2v) is 5.11. The highest BCUT2D eigenvalue weighted by Gasteiger charge is 2.49. The van der Waals surface area contributed by atoms with Crippen molar-refractivity contribution in [3.63, 3.8) is 0 Å². The summed E-state index contributed by atoms with van der Waals surface area (Å²) in [5.74, 6) is 2.46. The van der Waals surface area contributed by atoms with Gasteiger partial charge in [0.25, 0.3) is 0 Å². The van der Waals surface area contributed by atoms with Gasteiger partial charge in [-0.2, -0.15) is 0 Å². The third-order valence-electron chi connectivity index (χ3n) is 4.13. The molecule has 0 aromatic carbocycles. The third kappa shape index (κ3) is 1.38. The van der Waals surface area contributed by atoms with Crippen LogP contribution in [0.5, 0.6) is 0 Å². The molecule has 78 valence electrons. The Kier molecular flexibility index (Phi) is 2.78. The Balaban J connectivity index is 3.13. The van der Waals surface area contributed by atoms with Crippen LogP contribution in [0.3, 0.4) is 0 Å². The smallest absolute Gasteiger partial charge is 0.124 e. The van der Waals surface area contributed by atoms with Gasteiger partial charge < -0.3 is 5.11 Å². The summed E-state index contributed by atoms with van der Waals surface area (Å²) in [6.07, 6.45) is 7.85. The van der Waals surface area contributed by atoms with Crippen LogP contribution in [0.1, 0.15) is 40.0 Å². The highest BCUT2D eigenvalue weighted by molar-refractivity contribution is 5.24. The maximum absolute atomic E-state index is 9.95. The van der Waals surface area contributed by atoms with Crippen molar-refractivity contribution in [3.8, 4) is 12.3 Å². The Bertz CT molecular complexity index is 282. The van der Waals surface area contributed by atoms with Gasteiger partial charge in [0.05, 0.1) is 0 Å². The number of hydrogen-bond donors (Lipinski definition) is 1. The van der Waals surface area contributed by atoms with Gasteiger partial charge in [-0.25, -0.2) is 0 Å². The number of terminal acetylenes is 1. The molecule has 1 aliphatic rings. The van der Waals surface area contributed by atoms with Gasteiger partial charge >= 0.3 is 0 Å². The molecule has 2 atom stereocenters. The monoisotopic (exact) mass is 192 g/mol. The second-order valence-electron chi connectivity index (χ2n) is 5.11. The van der Waals surface area contributed by atoms with Gasteiger partial charge in [-0.3, -0.25) is 0 Å². The van der Waals surface area contributed by atoms with Crippen LogP contribution in [-0.2, 0) is 0 Å². The Morgan fingerprint density at radius 3 is 2.50 bits per heavy atom. The largest absolute Gasteiger partial charge is 0.379 e. The summed E-state index contributed by atoms with van der Waals surface area (Å²) in [6, 6.07) is 0. The molecule has 1 saturated carbocycles. The molecule has 1 N–H and O–H groups in total. The lowest BCUT2D eigenvalue weighted by molar-refractivity contribution is -0.00979. The molecule has 1 nitrogen and oxygen atoms in total. The summed E-state index contributed by atoms with van der Waals surface area (Å²) < 4.78 is 0. The van der Waals surface area contributed by atoms with Crippen molar-refractivity contribution < 1.29 is 5.11 Å². The molecule has 1 aliphatic carbocycles. The minimum Gasteiger partial charge on any atom is -0.379 e. The van der Waals surface area contributed by atoms with E-state index in [9.17, 15) is 5.11 Å². The van der Waals surface area contributed by atoms with Crippen molar-refractivity contribution in [1.82, 2.24) is 0 Å². The van der Waals surface area contributed by atoms with E-state index in [2.05, 4.69) is 26.3 Å². The fraction of sp³-hybridized carbons (Fsp3) is 0.692. The van der Waals surface area contributed by atoms with Crippen LogP contribution in [-0.4, -0.2) is 11.2 Å². The summed E-state index contributed by atoms with van der Waals surface area (Å²) in [4.78, 5) is 0. The topological polar surface area (TPSA) is 20.2 Å². The zero-order valence-corrected chi connectivity index (χ0v) is 9.43. The highest BCUT2D eigenvalue weighted by Crippen LogP contribution is 2.54. The minimum absolute atomic E-state index is 0.0358. The molecule has 14 heavy (non-hydrogen) atoms. The van der Waals surface area contributed by atoms with Crippen molar-refractivity contribution in [2.24, 2.45) is 10.8 Å². The number of aliphatic hydroxyl groups is 1. The first-order valence-corrected chi connectivity index (χ1v) is 5.18. The van der Waals surface area contributed by atoms with Gasteiger partial charge in [0.15, 0.2) is 0 Å². The van der Waals surface area contributed by atoms with Crippen LogP contribution in [0.15, 0.2) is 12.2 Å². The highest BCUT2D eigenvalue weighted by atomic mass is 16.3.